The molecule has 0 radical (unpaired) electrons. The number of piperazine rings is 1. The van der Waals surface area contributed by atoms with Gasteiger partial charge in [0.2, 0.25) is 5.91 Å². The van der Waals surface area contributed by atoms with Crippen LogP contribution in [0.25, 0.3) is 0 Å². The lowest BCUT2D eigenvalue weighted by Crippen LogP contribution is -2.79. The molecule has 1 N–H and O–H groups in total. The Bertz CT molecular complexity index is 627. The lowest BCUT2D eigenvalue weighted by molar-refractivity contribution is -0.152. The van der Waals surface area contributed by atoms with Gasteiger partial charge in [-0.3, -0.25) is 14.6 Å². The molecule has 25 heavy (non-hydrogen) atoms. The summed E-state index contributed by atoms with van der Waals surface area (Å²) in [6.45, 7) is 8.77. The first kappa shape index (κ1) is 17.0. The molecule has 3 aliphatic rings. The molecule has 5 heteroatoms. The SMILES string of the molecule is CC(C)N1CC2(CN(C(=O)Cc3ccccc3)C[C@@H]3C[C@@H](O)CN32)C1. The van der Waals surface area contributed by atoms with E-state index in [2.05, 4.69) is 28.5 Å². The molecule has 0 aromatic heterocycles. The number of aliphatic hydroxyl groups excluding tert-OH is 1. The zero-order valence-electron chi connectivity index (χ0n) is 15.3. The second-order valence-corrected chi connectivity index (χ2v) is 8.36. The second kappa shape index (κ2) is 6.38. The Hall–Kier alpha value is -1.43. The van der Waals surface area contributed by atoms with Crippen molar-refractivity contribution in [3.05, 3.63) is 35.9 Å². The Balaban J connectivity index is 1.50. The summed E-state index contributed by atoms with van der Waals surface area (Å²) in [4.78, 5) is 19.9. The number of amides is 1. The van der Waals surface area contributed by atoms with Crippen LogP contribution in [0.5, 0.6) is 0 Å². The normalized spacial score (nSPS) is 29.0. The first-order valence-corrected chi connectivity index (χ1v) is 9.47. The van der Waals surface area contributed by atoms with E-state index in [1.165, 1.54) is 0 Å². The minimum Gasteiger partial charge on any atom is -0.392 e. The van der Waals surface area contributed by atoms with Crippen molar-refractivity contribution in [2.24, 2.45) is 0 Å². The van der Waals surface area contributed by atoms with Crippen molar-refractivity contribution >= 4 is 5.91 Å². The van der Waals surface area contributed by atoms with Gasteiger partial charge in [-0.25, -0.2) is 0 Å². The zero-order chi connectivity index (χ0) is 17.6. The molecule has 0 saturated carbocycles. The van der Waals surface area contributed by atoms with Gasteiger partial charge in [0.05, 0.1) is 18.1 Å². The van der Waals surface area contributed by atoms with Gasteiger partial charge >= 0.3 is 0 Å². The van der Waals surface area contributed by atoms with Gasteiger partial charge in [-0.1, -0.05) is 30.3 Å². The molecule has 2 atom stereocenters. The first-order valence-electron chi connectivity index (χ1n) is 9.47. The minimum atomic E-state index is -0.251. The number of fused-ring (bicyclic) bond motifs is 2. The van der Waals surface area contributed by atoms with Crippen LogP contribution in [-0.4, -0.2) is 82.2 Å². The van der Waals surface area contributed by atoms with E-state index in [1.807, 2.05) is 30.3 Å². The molecule has 4 rings (SSSR count). The van der Waals surface area contributed by atoms with Gasteiger partial charge in [0.25, 0.3) is 0 Å². The molecule has 1 aromatic carbocycles. The van der Waals surface area contributed by atoms with Gasteiger partial charge in [-0.2, -0.15) is 0 Å². The number of nitrogens with zero attached hydrogens (tertiary/aromatic N) is 3. The Morgan fingerprint density at radius 3 is 2.60 bits per heavy atom. The number of carbonyl (C=O) groups is 1. The summed E-state index contributed by atoms with van der Waals surface area (Å²) >= 11 is 0. The number of rotatable bonds is 3. The first-order chi connectivity index (χ1) is 12.0. The minimum absolute atomic E-state index is 0.0387. The number of hydrogen-bond acceptors (Lipinski definition) is 4. The summed E-state index contributed by atoms with van der Waals surface area (Å²) in [6.07, 6.45) is 1.01. The molecule has 0 bridgehead atoms. The third-order valence-corrected chi connectivity index (χ3v) is 6.19. The maximum atomic E-state index is 12.9. The molecule has 136 valence electrons. The van der Waals surface area contributed by atoms with E-state index >= 15 is 0 Å². The Labute approximate surface area is 150 Å². The summed E-state index contributed by atoms with van der Waals surface area (Å²) in [5.41, 5.74) is 1.12. The maximum Gasteiger partial charge on any atom is 0.227 e. The number of hydrogen-bond donors (Lipinski definition) is 1. The molecule has 3 fully saturated rings. The molecule has 0 aliphatic carbocycles. The van der Waals surface area contributed by atoms with Gasteiger partial charge in [0.15, 0.2) is 0 Å². The van der Waals surface area contributed by atoms with E-state index in [0.29, 0.717) is 18.5 Å². The maximum absolute atomic E-state index is 12.9. The number of aliphatic hydroxyl groups is 1. The number of β-amino-alcohol motifs (C(OH)–C–C–N with tert-alkyl or cyclic N) is 1. The largest absolute Gasteiger partial charge is 0.392 e. The van der Waals surface area contributed by atoms with Gasteiger partial charge in [0.1, 0.15) is 0 Å². The highest BCUT2D eigenvalue weighted by atomic mass is 16.3. The molecular weight excluding hydrogens is 314 g/mol. The van der Waals surface area contributed by atoms with Crippen molar-refractivity contribution in [2.45, 2.75) is 50.4 Å². The van der Waals surface area contributed by atoms with Gasteiger partial charge in [0, 0.05) is 44.8 Å². The highest BCUT2D eigenvalue weighted by Crippen LogP contribution is 2.39. The Kier molecular flexibility index (Phi) is 4.34. The van der Waals surface area contributed by atoms with Gasteiger partial charge in [-0.05, 0) is 25.8 Å². The van der Waals surface area contributed by atoms with E-state index in [4.69, 9.17) is 0 Å². The van der Waals surface area contributed by atoms with Crippen LogP contribution < -0.4 is 0 Å². The Morgan fingerprint density at radius 2 is 1.92 bits per heavy atom. The van der Waals surface area contributed by atoms with E-state index in [1.54, 1.807) is 0 Å². The van der Waals surface area contributed by atoms with Crippen LogP contribution in [0.2, 0.25) is 0 Å². The fraction of sp³-hybridized carbons (Fsp3) is 0.650. The lowest BCUT2D eigenvalue weighted by atomic mass is 9.82. The molecule has 3 saturated heterocycles. The summed E-state index contributed by atoms with van der Waals surface area (Å²) in [7, 11) is 0. The van der Waals surface area contributed by atoms with Crippen LogP contribution in [-0.2, 0) is 11.2 Å². The molecule has 0 unspecified atom stereocenters. The molecule has 5 nitrogen and oxygen atoms in total. The molecule has 3 aliphatic heterocycles. The predicted octanol–water partition coefficient (Wildman–Crippen LogP) is 0.969. The summed E-state index contributed by atoms with van der Waals surface area (Å²) in [6, 6.07) is 10.8. The predicted molar refractivity (Wildman–Crippen MR) is 97.3 cm³/mol. The molecule has 3 heterocycles. The average molecular weight is 343 g/mol. The average Bonchev–Trinajstić information content (AvgIpc) is 2.92. The van der Waals surface area contributed by atoms with Crippen LogP contribution in [0, 0.1) is 0 Å². The van der Waals surface area contributed by atoms with Crippen LogP contribution >= 0.6 is 0 Å². The quantitative estimate of drug-likeness (QED) is 0.888. The van der Waals surface area contributed by atoms with Crippen molar-refractivity contribution in [1.82, 2.24) is 14.7 Å². The fourth-order valence-corrected chi connectivity index (χ4v) is 4.84. The number of likely N-dealkylation sites (tertiary alicyclic amines) is 1. The van der Waals surface area contributed by atoms with E-state index < -0.39 is 0 Å². The van der Waals surface area contributed by atoms with Crippen LogP contribution in [0.15, 0.2) is 30.3 Å². The number of benzene rings is 1. The monoisotopic (exact) mass is 343 g/mol. The molecule has 1 amide bonds. The van der Waals surface area contributed by atoms with Crippen molar-refractivity contribution in [1.29, 1.82) is 0 Å². The standard InChI is InChI=1S/C20H29N3O2/c1-15(2)22-13-20(14-22)12-21(10-17-9-18(24)11-23(17)20)19(25)8-16-6-4-3-5-7-16/h3-7,15,17-18,24H,8-14H2,1-2H3/t17-,18+/m0/s1. The van der Waals surface area contributed by atoms with Gasteiger partial charge < -0.3 is 10.0 Å². The third kappa shape index (κ3) is 3.09. The summed E-state index contributed by atoms with van der Waals surface area (Å²) in [5, 5.41) is 10.2. The molecule has 1 aromatic rings. The van der Waals surface area contributed by atoms with Crippen LogP contribution in [0.1, 0.15) is 25.8 Å². The van der Waals surface area contributed by atoms with E-state index in [0.717, 1.165) is 44.7 Å². The highest BCUT2D eigenvalue weighted by Gasteiger charge is 2.56. The molecule has 1 spiro atoms. The van der Waals surface area contributed by atoms with Crippen molar-refractivity contribution in [3.63, 3.8) is 0 Å². The fourth-order valence-electron chi connectivity index (χ4n) is 4.84. The number of carbonyl (C=O) groups excluding carboxylic acids is 1. The van der Waals surface area contributed by atoms with E-state index in [9.17, 15) is 9.90 Å². The lowest BCUT2D eigenvalue weighted by Gasteiger charge is -2.62. The second-order valence-electron chi connectivity index (χ2n) is 8.36. The van der Waals surface area contributed by atoms with Crippen LogP contribution in [0.4, 0.5) is 0 Å². The van der Waals surface area contributed by atoms with Gasteiger partial charge in [-0.15, -0.1) is 0 Å². The summed E-state index contributed by atoms with van der Waals surface area (Å²) < 4.78 is 0. The highest BCUT2D eigenvalue weighted by molar-refractivity contribution is 5.79. The zero-order valence-corrected chi connectivity index (χ0v) is 15.3. The van der Waals surface area contributed by atoms with Crippen molar-refractivity contribution in [2.75, 3.05) is 32.7 Å². The van der Waals surface area contributed by atoms with Crippen molar-refractivity contribution in [3.8, 4) is 0 Å². The Morgan fingerprint density at radius 1 is 1.20 bits per heavy atom. The van der Waals surface area contributed by atoms with E-state index in [-0.39, 0.29) is 17.6 Å². The van der Waals surface area contributed by atoms with Crippen LogP contribution in [0.3, 0.4) is 0 Å². The molecular formula is C20H29N3O2. The topological polar surface area (TPSA) is 47.0 Å². The van der Waals surface area contributed by atoms with Crippen molar-refractivity contribution < 1.29 is 9.90 Å². The summed E-state index contributed by atoms with van der Waals surface area (Å²) in [5.74, 6) is 0.217. The third-order valence-electron chi connectivity index (χ3n) is 6.19. The smallest absolute Gasteiger partial charge is 0.227 e.